The van der Waals surface area contributed by atoms with Crippen LogP contribution >= 0.6 is 0 Å². The van der Waals surface area contributed by atoms with Gasteiger partial charge < -0.3 is 15.2 Å². The van der Waals surface area contributed by atoms with Crippen molar-refractivity contribution < 1.29 is 14.3 Å². The summed E-state index contributed by atoms with van der Waals surface area (Å²) in [4.78, 5) is 10.9. The van der Waals surface area contributed by atoms with Crippen molar-refractivity contribution in [1.82, 2.24) is 0 Å². The number of nitrogens with two attached hydrogens (primary N) is 1. The van der Waals surface area contributed by atoms with Crippen molar-refractivity contribution in [2.75, 3.05) is 13.7 Å². The number of rotatable bonds is 8. The SMILES string of the molecule is COC(=O)CCCOc1ccc(CCC(C)N)cc1. The molecule has 0 aliphatic carbocycles. The van der Waals surface area contributed by atoms with Gasteiger partial charge in [0, 0.05) is 12.5 Å². The van der Waals surface area contributed by atoms with Gasteiger partial charge in [0.15, 0.2) is 0 Å². The third-order valence-corrected chi connectivity index (χ3v) is 2.83. The first-order chi connectivity index (χ1) is 9.11. The van der Waals surface area contributed by atoms with Crippen molar-refractivity contribution in [1.29, 1.82) is 0 Å². The van der Waals surface area contributed by atoms with Crippen LogP contribution in [0.4, 0.5) is 0 Å². The zero-order chi connectivity index (χ0) is 14.1. The van der Waals surface area contributed by atoms with Crippen molar-refractivity contribution in [3.63, 3.8) is 0 Å². The number of esters is 1. The molecule has 0 amide bonds. The first-order valence-corrected chi connectivity index (χ1v) is 6.66. The van der Waals surface area contributed by atoms with Crippen LogP contribution in [-0.4, -0.2) is 25.7 Å². The molecule has 2 N–H and O–H groups in total. The van der Waals surface area contributed by atoms with E-state index in [0.29, 0.717) is 19.4 Å². The maximum absolute atomic E-state index is 10.9. The van der Waals surface area contributed by atoms with Gasteiger partial charge in [0.05, 0.1) is 13.7 Å². The van der Waals surface area contributed by atoms with E-state index in [9.17, 15) is 4.79 Å². The Kier molecular flexibility index (Phi) is 6.97. The predicted molar refractivity (Wildman–Crippen MR) is 75.2 cm³/mol. The fraction of sp³-hybridized carbons (Fsp3) is 0.533. The zero-order valence-electron chi connectivity index (χ0n) is 11.7. The van der Waals surface area contributed by atoms with E-state index in [1.54, 1.807) is 0 Å². The largest absolute Gasteiger partial charge is 0.494 e. The minimum atomic E-state index is -0.199. The molecule has 0 aromatic heterocycles. The molecule has 1 unspecified atom stereocenters. The molecule has 1 atom stereocenters. The summed E-state index contributed by atoms with van der Waals surface area (Å²) in [6.45, 7) is 2.53. The summed E-state index contributed by atoms with van der Waals surface area (Å²) in [5, 5.41) is 0. The average Bonchev–Trinajstić information content (AvgIpc) is 2.42. The second-order valence-corrected chi connectivity index (χ2v) is 4.69. The standard InChI is InChI=1S/C15H23NO3/c1-12(16)5-6-13-7-9-14(10-8-13)19-11-3-4-15(17)18-2/h7-10,12H,3-6,11,16H2,1-2H3. The number of benzene rings is 1. The van der Waals surface area contributed by atoms with Crippen molar-refractivity contribution in [3.8, 4) is 5.75 Å². The molecule has 4 nitrogen and oxygen atoms in total. The Labute approximate surface area is 114 Å². The molecule has 0 saturated heterocycles. The van der Waals surface area contributed by atoms with Crippen LogP contribution in [0.25, 0.3) is 0 Å². The molecule has 1 aromatic rings. The molecule has 0 spiro atoms. The Morgan fingerprint density at radius 2 is 2.00 bits per heavy atom. The van der Waals surface area contributed by atoms with Gasteiger partial charge in [-0.15, -0.1) is 0 Å². The topological polar surface area (TPSA) is 61.5 Å². The Morgan fingerprint density at radius 1 is 1.32 bits per heavy atom. The predicted octanol–water partition coefficient (Wildman–Crippen LogP) is 2.30. The van der Waals surface area contributed by atoms with E-state index in [0.717, 1.165) is 18.6 Å². The second-order valence-electron chi connectivity index (χ2n) is 4.69. The smallest absolute Gasteiger partial charge is 0.305 e. The second kappa shape index (κ2) is 8.53. The van der Waals surface area contributed by atoms with Gasteiger partial charge in [-0.3, -0.25) is 4.79 Å². The lowest BCUT2D eigenvalue weighted by atomic mass is 10.1. The quantitative estimate of drug-likeness (QED) is 0.578. The molecule has 1 aromatic carbocycles. The fourth-order valence-corrected chi connectivity index (χ4v) is 1.66. The van der Waals surface area contributed by atoms with Gasteiger partial charge in [-0.1, -0.05) is 12.1 Å². The number of carbonyl (C=O) groups is 1. The fourth-order valence-electron chi connectivity index (χ4n) is 1.66. The van der Waals surface area contributed by atoms with E-state index in [1.807, 2.05) is 19.1 Å². The van der Waals surface area contributed by atoms with Gasteiger partial charge in [0.1, 0.15) is 5.75 Å². The normalized spacial score (nSPS) is 11.9. The van der Waals surface area contributed by atoms with Crippen molar-refractivity contribution in [2.24, 2.45) is 5.73 Å². The Bertz CT molecular complexity index is 373. The lowest BCUT2D eigenvalue weighted by Crippen LogP contribution is -2.15. The molecule has 19 heavy (non-hydrogen) atoms. The molecule has 0 saturated carbocycles. The van der Waals surface area contributed by atoms with E-state index in [-0.39, 0.29) is 12.0 Å². The number of carbonyl (C=O) groups excluding carboxylic acids is 1. The van der Waals surface area contributed by atoms with Crippen LogP contribution in [-0.2, 0) is 16.0 Å². The van der Waals surface area contributed by atoms with Crippen molar-refractivity contribution >= 4 is 5.97 Å². The van der Waals surface area contributed by atoms with E-state index in [1.165, 1.54) is 12.7 Å². The summed E-state index contributed by atoms with van der Waals surface area (Å²) < 4.78 is 10.1. The number of ether oxygens (including phenoxy) is 2. The molecule has 0 bridgehead atoms. The van der Waals surface area contributed by atoms with Crippen LogP contribution < -0.4 is 10.5 Å². The molecular weight excluding hydrogens is 242 g/mol. The summed E-state index contributed by atoms with van der Waals surface area (Å²) in [6.07, 6.45) is 3.03. The van der Waals surface area contributed by atoms with Gasteiger partial charge >= 0.3 is 5.97 Å². The Hall–Kier alpha value is -1.55. The minimum absolute atomic E-state index is 0.199. The zero-order valence-corrected chi connectivity index (χ0v) is 11.7. The first-order valence-electron chi connectivity index (χ1n) is 6.66. The summed E-state index contributed by atoms with van der Waals surface area (Å²) in [7, 11) is 1.39. The molecule has 0 heterocycles. The summed E-state index contributed by atoms with van der Waals surface area (Å²) in [6, 6.07) is 8.24. The monoisotopic (exact) mass is 265 g/mol. The molecule has 0 aliphatic heterocycles. The van der Waals surface area contributed by atoms with Crippen LogP contribution in [0.5, 0.6) is 5.75 Å². The van der Waals surface area contributed by atoms with Gasteiger partial charge in [-0.05, 0) is 43.9 Å². The van der Waals surface area contributed by atoms with Crippen LogP contribution in [0.15, 0.2) is 24.3 Å². The first kappa shape index (κ1) is 15.5. The van der Waals surface area contributed by atoms with Crippen molar-refractivity contribution in [2.45, 2.75) is 38.6 Å². The summed E-state index contributed by atoms with van der Waals surface area (Å²) >= 11 is 0. The highest BCUT2D eigenvalue weighted by molar-refractivity contribution is 5.69. The summed E-state index contributed by atoms with van der Waals surface area (Å²) in [5.41, 5.74) is 6.99. The number of hydrogen-bond donors (Lipinski definition) is 1. The Morgan fingerprint density at radius 3 is 2.58 bits per heavy atom. The van der Waals surface area contributed by atoms with E-state index >= 15 is 0 Å². The molecule has 1 rings (SSSR count). The lowest BCUT2D eigenvalue weighted by Gasteiger charge is -2.08. The lowest BCUT2D eigenvalue weighted by molar-refractivity contribution is -0.140. The highest BCUT2D eigenvalue weighted by Gasteiger charge is 2.01. The van der Waals surface area contributed by atoms with Gasteiger partial charge in [0.2, 0.25) is 0 Å². The van der Waals surface area contributed by atoms with E-state index in [4.69, 9.17) is 10.5 Å². The maximum Gasteiger partial charge on any atom is 0.305 e. The number of hydrogen-bond acceptors (Lipinski definition) is 4. The molecule has 0 radical (unpaired) electrons. The molecule has 4 heteroatoms. The highest BCUT2D eigenvalue weighted by Crippen LogP contribution is 2.14. The number of methoxy groups -OCH3 is 1. The van der Waals surface area contributed by atoms with Crippen LogP contribution in [0.1, 0.15) is 31.7 Å². The third-order valence-electron chi connectivity index (χ3n) is 2.83. The van der Waals surface area contributed by atoms with Gasteiger partial charge in [-0.2, -0.15) is 0 Å². The summed E-state index contributed by atoms with van der Waals surface area (Å²) in [5.74, 6) is 0.629. The average molecular weight is 265 g/mol. The minimum Gasteiger partial charge on any atom is -0.494 e. The third kappa shape index (κ3) is 6.82. The van der Waals surface area contributed by atoms with Crippen LogP contribution in [0, 0.1) is 0 Å². The number of aryl methyl sites for hydroxylation is 1. The Balaban J connectivity index is 2.26. The molecular formula is C15H23NO3. The van der Waals surface area contributed by atoms with E-state index in [2.05, 4.69) is 16.9 Å². The van der Waals surface area contributed by atoms with Crippen molar-refractivity contribution in [3.05, 3.63) is 29.8 Å². The van der Waals surface area contributed by atoms with Gasteiger partial charge in [-0.25, -0.2) is 0 Å². The molecule has 106 valence electrons. The highest BCUT2D eigenvalue weighted by atomic mass is 16.5. The molecule has 0 aliphatic rings. The maximum atomic E-state index is 10.9. The molecule has 0 fully saturated rings. The van der Waals surface area contributed by atoms with Gasteiger partial charge in [0.25, 0.3) is 0 Å². The van der Waals surface area contributed by atoms with E-state index < -0.39 is 0 Å². The van der Waals surface area contributed by atoms with Crippen LogP contribution in [0.3, 0.4) is 0 Å². The van der Waals surface area contributed by atoms with Crippen LogP contribution in [0.2, 0.25) is 0 Å².